The van der Waals surface area contributed by atoms with Gasteiger partial charge in [0.25, 0.3) is 0 Å². The van der Waals surface area contributed by atoms with E-state index in [2.05, 4.69) is 17.1 Å². The lowest BCUT2D eigenvalue weighted by Crippen LogP contribution is -2.35. The van der Waals surface area contributed by atoms with Gasteiger partial charge >= 0.3 is 0 Å². The number of aliphatic imine (C=N–C) groups is 1. The third kappa shape index (κ3) is 3.68. The number of aromatic nitrogens is 1. The Labute approximate surface area is 184 Å². The number of hydrogen-bond donors (Lipinski definition) is 0. The third-order valence-electron chi connectivity index (χ3n) is 5.72. The summed E-state index contributed by atoms with van der Waals surface area (Å²) in [6, 6.07) is 12.6. The van der Waals surface area contributed by atoms with Crippen molar-refractivity contribution in [2.75, 3.05) is 7.11 Å². The normalized spacial score (nSPS) is 14.9. The summed E-state index contributed by atoms with van der Waals surface area (Å²) in [5.74, 6) is 0.144. The number of pyridine rings is 1. The number of ether oxygens (including phenoxy) is 1. The zero-order chi connectivity index (χ0) is 21.5. The summed E-state index contributed by atoms with van der Waals surface area (Å²) in [4.78, 5) is 23.5. The van der Waals surface area contributed by atoms with Gasteiger partial charge in [-0.2, -0.15) is 0 Å². The average Bonchev–Trinajstić information content (AvgIpc) is 3.18. The monoisotopic (exact) mass is 435 g/mol. The van der Waals surface area contributed by atoms with Gasteiger partial charge in [0.15, 0.2) is 0 Å². The van der Waals surface area contributed by atoms with Crippen LogP contribution in [-0.4, -0.2) is 28.6 Å². The molecule has 5 rings (SSSR count). The Morgan fingerprint density at radius 1 is 1.13 bits per heavy atom. The Kier molecular flexibility index (Phi) is 4.94. The molecule has 0 N–H and O–H groups in total. The van der Waals surface area contributed by atoms with Gasteiger partial charge in [0.2, 0.25) is 11.8 Å². The first-order chi connectivity index (χ1) is 15.0. The first-order valence-electron chi connectivity index (χ1n) is 9.93. The molecule has 2 aliphatic heterocycles. The molecule has 3 aromatic rings. The number of methoxy groups -OCH3 is 1. The molecular formula is C24H19ClFN3O2. The molecule has 0 saturated carbocycles. The zero-order valence-corrected chi connectivity index (χ0v) is 17.6. The molecule has 5 nitrogen and oxygen atoms in total. The van der Waals surface area contributed by atoms with E-state index in [0.29, 0.717) is 31.9 Å². The number of amides is 1. The van der Waals surface area contributed by atoms with E-state index in [1.165, 1.54) is 6.07 Å². The van der Waals surface area contributed by atoms with Crippen LogP contribution >= 0.6 is 11.6 Å². The number of carbonyl (C=O) groups is 1. The van der Waals surface area contributed by atoms with Crippen molar-refractivity contribution in [2.45, 2.75) is 26.1 Å². The summed E-state index contributed by atoms with van der Waals surface area (Å²) < 4.78 is 18.6. The number of fused-ring (bicyclic) bond motifs is 2. The second-order valence-corrected chi connectivity index (χ2v) is 8.11. The molecule has 1 amide bonds. The smallest absolute Gasteiger partial charge is 0.227 e. The van der Waals surface area contributed by atoms with Crippen LogP contribution in [0.25, 0.3) is 0 Å². The van der Waals surface area contributed by atoms with Gasteiger partial charge in [0, 0.05) is 36.5 Å². The van der Waals surface area contributed by atoms with Gasteiger partial charge in [-0.3, -0.25) is 9.79 Å². The summed E-state index contributed by atoms with van der Waals surface area (Å²) in [6.07, 6.45) is 2.11. The molecular weight excluding hydrogens is 417 g/mol. The Morgan fingerprint density at radius 2 is 2.00 bits per heavy atom. The molecule has 2 aliphatic rings. The molecule has 0 spiro atoms. The van der Waals surface area contributed by atoms with E-state index in [1.54, 1.807) is 30.3 Å². The summed E-state index contributed by atoms with van der Waals surface area (Å²) in [6.45, 7) is 1.47. The highest BCUT2D eigenvalue weighted by molar-refractivity contribution is 6.30. The minimum atomic E-state index is -0.462. The molecule has 3 heterocycles. The maximum absolute atomic E-state index is 13.5. The third-order valence-corrected chi connectivity index (χ3v) is 6.01. The fraction of sp³-hybridized carbons (Fsp3) is 0.208. The molecule has 0 fully saturated rings. The predicted molar refractivity (Wildman–Crippen MR) is 116 cm³/mol. The largest absolute Gasteiger partial charge is 0.481 e. The van der Waals surface area contributed by atoms with Crippen molar-refractivity contribution in [3.8, 4) is 5.88 Å². The van der Waals surface area contributed by atoms with E-state index in [0.717, 1.165) is 39.1 Å². The zero-order valence-electron chi connectivity index (χ0n) is 16.9. The highest BCUT2D eigenvalue weighted by atomic mass is 35.5. The predicted octanol–water partition coefficient (Wildman–Crippen LogP) is 4.32. The van der Waals surface area contributed by atoms with Crippen LogP contribution in [0.4, 0.5) is 4.39 Å². The second-order valence-electron chi connectivity index (χ2n) is 7.71. The summed E-state index contributed by atoms with van der Waals surface area (Å²) in [7, 11) is 1.59. The molecule has 7 heteroatoms. The molecule has 2 aromatic carbocycles. The van der Waals surface area contributed by atoms with Gasteiger partial charge in [0.05, 0.1) is 30.8 Å². The highest BCUT2D eigenvalue weighted by Gasteiger charge is 2.27. The lowest BCUT2D eigenvalue weighted by atomic mass is 9.91. The van der Waals surface area contributed by atoms with Crippen LogP contribution in [-0.2, 0) is 30.8 Å². The fourth-order valence-electron chi connectivity index (χ4n) is 4.11. The summed E-state index contributed by atoms with van der Waals surface area (Å²) >= 11 is 5.90. The van der Waals surface area contributed by atoms with Crippen molar-refractivity contribution in [2.24, 2.45) is 4.99 Å². The van der Waals surface area contributed by atoms with E-state index in [-0.39, 0.29) is 10.9 Å². The fourth-order valence-corrected chi connectivity index (χ4v) is 4.31. The molecule has 1 aromatic heterocycles. The van der Waals surface area contributed by atoms with E-state index in [1.807, 2.05) is 12.1 Å². The van der Waals surface area contributed by atoms with Crippen molar-refractivity contribution in [3.63, 3.8) is 0 Å². The van der Waals surface area contributed by atoms with Gasteiger partial charge in [-0.15, -0.1) is 0 Å². The summed E-state index contributed by atoms with van der Waals surface area (Å²) in [5, 5.41) is 0.0640. The van der Waals surface area contributed by atoms with Crippen LogP contribution in [0.3, 0.4) is 0 Å². The standard InChI is InChI=1S/C24H19ClFN3O2/c1-31-22-5-3-15(10-27-22)24-19-8-18-13-29(12-14-2-4-21(26)20(25)6-14)23(30)9-16(18)7-17(19)11-28-24/h2-8,10H,9,11-13H2,1H3. The van der Waals surface area contributed by atoms with E-state index >= 15 is 0 Å². The van der Waals surface area contributed by atoms with Crippen LogP contribution in [0.1, 0.15) is 33.4 Å². The lowest BCUT2D eigenvalue weighted by molar-refractivity contribution is -0.132. The molecule has 31 heavy (non-hydrogen) atoms. The molecule has 0 saturated heterocycles. The van der Waals surface area contributed by atoms with Gasteiger partial charge in [0.1, 0.15) is 5.82 Å². The van der Waals surface area contributed by atoms with Crippen LogP contribution in [0.5, 0.6) is 5.88 Å². The van der Waals surface area contributed by atoms with Crippen molar-refractivity contribution in [1.82, 2.24) is 9.88 Å². The van der Waals surface area contributed by atoms with E-state index in [9.17, 15) is 9.18 Å². The quantitative estimate of drug-likeness (QED) is 0.613. The number of benzene rings is 2. The van der Waals surface area contributed by atoms with Crippen molar-refractivity contribution in [1.29, 1.82) is 0 Å². The summed E-state index contributed by atoms with van der Waals surface area (Å²) in [5.41, 5.74) is 6.98. The molecule has 0 bridgehead atoms. The van der Waals surface area contributed by atoms with Crippen molar-refractivity contribution in [3.05, 3.63) is 92.9 Å². The highest BCUT2D eigenvalue weighted by Crippen LogP contribution is 2.31. The van der Waals surface area contributed by atoms with Crippen molar-refractivity contribution < 1.29 is 13.9 Å². The van der Waals surface area contributed by atoms with Crippen molar-refractivity contribution >= 4 is 23.2 Å². The minimum absolute atomic E-state index is 0.0476. The number of rotatable bonds is 4. The topological polar surface area (TPSA) is 54.8 Å². The number of halogens is 2. The molecule has 0 unspecified atom stereocenters. The Balaban J connectivity index is 1.42. The van der Waals surface area contributed by atoms with Gasteiger partial charge < -0.3 is 9.64 Å². The maximum Gasteiger partial charge on any atom is 0.227 e. The first-order valence-corrected chi connectivity index (χ1v) is 10.3. The number of carbonyl (C=O) groups excluding carboxylic acids is 1. The van der Waals surface area contributed by atoms with E-state index < -0.39 is 5.82 Å². The molecule has 0 atom stereocenters. The SMILES string of the molecule is COc1ccc(C2=NCc3cc4c(cc32)CN(Cc2ccc(F)c(Cl)c2)C(=O)C4)cn1. The molecule has 0 radical (unpaired) electrons. The van der Waals surface area contributed by atoms with Crippen LogP contribution in [0, 0.1) is 5.82 Å². The second kappa shape index (κ2) is 7.78. The number of nitrogens with zero attached hydrogens (tertiary/aromatic N) is 3. The Bertz CT molecular complexity index is 1220. The van der Waals surface area contributed by atoms with Crippen LogP contribution < -0.4 is 4.74 Å². The average molecular weight is 436 g/mol. The van der Waals surface area contributed by atoms with Crippen LogP contribution in [0.15, 0.2) is 53.7 Å². The molecule has 0 aliphatic carbocycles. The lowest BCUT2D eigenvalue weighted by Gasteiger charge is -2.29. The Morgan fingerprint density at radius 3 is 2.74 bits per heavy atom. The van der Waals surface area contributed by atoms with Gasteiger partial charge in [-0.05, 0) is 46.5 Å². The van der Waals surface area contributed by atoms with Gasteiger partial charge in [-0.1, -0.05) is 23.7 Å². The van der Waals surface area contributed by atoms with Crippen LogP contribution in [0.2, 0.25) is 5.02 Å². The maximum atomic E-state index is 13.5. The molecule has 156 valence electrons. The number of hydrogen-bond acceptors (Lipinski definition) is 4. The van der Waals surface area contributed by atoms with E-state index in [4.69, 9.17) is 21.3 Å². The minimum Gasteiger partial charge on any atom is -0.481 e. The first kappa shape index (κ1) is 19.7. The van der Waals surface area contributed by atoms with Gasteiger partial charge in [-0.25, -0.2) is 9.37 Å². The Hall–Kier alpha value is -3.25.